The molecule has 0 N–H and O–H groups in total. The number of piperazine rings is 1. The fourth-order valence-corrected chi connectivity index (χ4v) is 3.50. The van der Waals surface area contributed by atoms with Crippen LogP contribution < -0.4 is 0 Å². The first-order chi connectivity index (χ1) is 13.5. The number of benzene rings is 2. The molecule has 2 aromatic rings. The van der Waals surface area contributed by atoms with Crippen molar-refractivity contribution in [1.82, 2.24) is 9.80 Å². The lowest BCUT2D eigenvalue weighted by Gasteiger charge is -2.38. The molecule has 1 atom stereocenters. The molecule has 3 rings (SSSR count). The summed E-state index contributed by atoms with van der Waals surface area (Å²) in [6.07, 6.45) is 0.936. The van der Waals surface area contributed by atoms with Crippen molar-refractivity contribution in [2.45, 2.75) is 19.4 Å². The summed E-state index contributed by atoms with van der Waals surface area (Å²) in [4.78, 5) is 28.9. The highest BCUT2D eigenvalue weighted by Gasteiger charge is 2.32. The highest BCUT2D eigenvalue weighted by molar-refractivity contribution is 5.94. The lowest BCUT2D eigenvalue weighted by Crippen LogP contribution is -2.51. The van der Waals surface area contributed by atoms with E-state index in [-0.39, 0.29) is 17.7 Å². The molecule has 0 radical (unpaired) electrons. The van der Waals surface area contributed by atoms with Gasteiger partial charge in [-0.1, -0.05) is 31.2 Å². The van der Waals surface area contributed by atoms with Gasteiger partial charge in [0.25, 0.3) is 5.91 Å². The van der Waals surface area contributed by atoms with Crippen LogP contribution in [0.4, 0.5) is 4.39 Å². The highest BCUT2D eigenvalue weighted by Crippen LogP contribution is 2.24. The predicted octanol–water partition coefficient (Wildman–Crippen LogP) is 3.06. The van der Waals surface area contributed by atoms with E-state index in [1.165, 1.54) is 24.8 Å². The van der Waals surface area contributed by atoms with E-state index in [2.05, 4.69) is 6.92 Å². The SMILES string of the molecule is CCc1ccc(C(=O)N2CCN(C(C(=O)OC)c3ccc(F)cc3)CC2)cc1. The molecule has 0 aromatic heterocycles. The number of carbonyl (C=O) groups excluding carboxylic acids is 2. The maximum atomic E-state index is 13.3. The van der Waals surface area contributed by atoms with E-state index in [1.807, 2.05) is 29.2 Å². The van der Waals surface area contributed by atoms with E-state index < -0.39 is 6.04 Å². The van der Waals surface area contributed by atoms with Crippen LogP contribution in [0.1, 0.15) is 34.5 Å². The van der Waals surface area contributed by atoms with Crippen molar-refractivity contribution in [2.75, 3.05) is 33.3 Å². The lowest BCUT2D eigenvalue weighted by molar-refractivity contribution is -0.148. The fourth-order valence-electron chi connectivity index (χ4n) is 3.50. The van der Waals surface area contributed by atoms with E-state index in [0.717, 1.165) is 6.42 Å². The molecular formula is C22H25FN2O3. The number of carbonyl (C=O) groups is 2. The molecule has 1 aliphatic heterocycles. The summed E-state index contributed by atoms with van der Waals surface area (Å²) >= 11 is 0. The van der Waals surface area contributed by atoms with Crippen LogP contribution in [0, 0.1) is 5.82 Å². The molecule has 148 valence electrons. The van der Waals surface area contributed by atoms with Crippen molar-refractivity contribution in [2.24, 2.45) is 0 Å². The molecule has 1 aliphatic rings. The summed E-state index contributed by atoms with van der Waals surface area (Å²) in [7, 11) is 1.35. The first-order valence-corrected chi connectivity index (χ1v) is 9.49. The molecule has 0 bridgehead atoms. The first-order valence-electron chi connectivity index (χ1n) is 9.49. The third-order valence-electron chi connectivity index (χ3n) is 5.19. The van der Waals surface area contributed by atoms with Gasteiger partial charge in [-0.15, -0.1) is 0 Å². The molecule has 6 heteroatoms. The molecule has 1 saturated heterocycles. The van der Waals surface area contributed by atoms with Crippen LogP contribution in [-0.2, 0) is 16.0 Å². The minimum atomic E-state index is -0.605. The number of nitrogens with zero attached hydrogens (tertiary/aromatic N) is 2. The number of esters is 1. The van der Waals surface area contributed by atoms with Gasteiger partial charge in [0, 0.05) is 31.7 Å². The van der Waals surface area contributed by atoms with Gasteiger partial charge in [0.2, 0.25) is 0 Å². The summed E-state index contributed by atoms with van der Waals surface area (Å²) in [5.74, 6) is -0.739. The zero-order chi connectivity index (χ0) is 20.1. The Bertz CT molecular complexity index is 813. The molecule has 0 aliphatic carbocycles. The minimum Gasteiger partial charge on any atom is -0.468 e. The molecule has 1 unspecified atom stereocenters. The average molecular weight is 384 g/mol. The number of methoxy groups -OCH3 is 1. The topological polar surface area (TPSA) is 49.9 Å². The molecular weight excluding hydrogens is 359 g/mol. The zero-order valence-corrected chi connectivity index (χ0v) is 16.2. The van der Waals surface area contributed by atoms with Crippen LogP contribution in [0.2, 0.25) is 0 Å². The molecule has 0 saturated carbocycles. The van der Waals surface area contributed by atoms with Gasteiger partial charge in [-0.2, -0.15) is 0 Å². The normalized spacial score (nSPS) is 15.9. The van der Waals surface area contributed by atoms with Crippen LogP contribution in [0.15, 0.2) is 48.5 Å². The first kappa shape index (κ1) is 20.0. The third kappa shape index (κ3) is 4.39. The van der Waals surface area contributed by atoms with Crippen LogP contribution in [0.3, 0.4) is 0 Å². The van der Waals surface area contributed by atoms with Gasteiger partial charge in [-0.05, 0) is 41.8 Å². The summed E-state index contributed by atoms with van der Waals surface area (Å²) in [5.41, 5.74) is 2.55. The minimum absolute atomic E-state index is 0.00120. The van der Waals surface area contributed by atoms with Crippen molar-refractivity contribution in [1.29, 1.82) is 0 Å². The zero-order valence-electron chi connectivity index (χ0n) is 16.2. The second-order valence-corrected chi connectivity index (χ2v) is 6.86. The Balaban J connectivity index is 1.68. The fraction of sp³-hybridized carbons (Fsp3) is 0.364. The number of ether oxygens (including phenoxy) is 1. The van der Waals surface area contributed by atoms with Crippen LogP contribution in [0.25, 0.3) is 0 Å². The smallest absolute Gasteiger partial charge is 0.327 e. The lowest BCUT2D eigenvalue weighted by atomic mass is 10.0. The molecule has 28 heavy (non-hydrogen) atoms. The number of hydrogen-bond acceptors (Lipinski definition) is 4. The summed E-state index contributed by atoms with van der Waals surface area (Å²) in [6.45, 7) is 4.19. The molecule has 1 fully saturated rings. The summed E-state index contributed by atoms with van der Waals surface area (Å²) in [5, 5.41) is 0. The van der Waals surface area contributed by atoms with E-state index in [1.54, 1.807) is 17.0 Å². The Morgan fingerprint density at radius 3 is 2.14 bits per heavy atom. The van der Waals surface area contributed by atoms with Gasteiger partial charge < -0.3 is 9.64 Å². The highest BCUT2D eigenvalue weighted by atomic mass is 19.1. The number of amides is 1. The van der Waals surface area contributed by atoms with Crippen LogP contribution in [-0.4, -0.2) is 55.0 Å². The molecule has 1 heterocycles. The van der Waals surface area contributed by atoms with E-state index >= 15 is 0 Å². The second kappa shape index (κ2) is 8.97. The van der Waals surface area contributed by atoms with Gasteiger partial charge in [-0.25, -0.2) is 9.18 Å². The largest absolute Gasteiger partial charge is 0.468 e. The van der Waals surface area contributed by atoms with E-state index in [4.69, 9.17) is 4.74 Å². The molecule has 5 nitrogen and oxygen atoms in total. The van der Waals surface area contributed by atoms with Crippen molar-refractivity contribution < 1.29 is 18.7 Å². The van der Waals surface area contributed by atoms with Gasteiger partial charge >= 0.3 is 5.97 Å². The van der Waals surface area contributed by atoms with Gasteiger partial charge in [0.15, 0.2) is 0 Å². The van der Waals surface area contributed by atoms with Gasteiger partial charge in [0.05, 0.1) is 7.11 Å². The number of rotatable bonds is 5. The third-order valence-corrected chi connectivity index (χ3v) is 5.19. The number of halogens is 1. The van der Waals surface area contributed by atoms with E-state index in [0.29, 0.717) is 37.3 Å². The Labute approximate surface area is 164 Å². The van der Waals surface area contributed by atoms with Crippen molar-refractivity contribution in [3.05, 3.63) is 71.0 Å². The van der Waals surface area contributed by atoms with Crippen molar-refractivity contribution in [3.8, 4) is 0 Å². The maximum Gasteiger partial charge on any atom is 0.327 e. The van der Waals surface area contributed by atoms with Crippen LogP contribution >= 0.6 is 0 Å². The number of aryl methyl sites for hydroxylation is 1. The van der Waals surface area contributed by atoms with Gasteiger partial charge in [0.1, 0.15) is 11.9 Å². The molecule has 0 spiro atoms. The Kier molecular flexibility index (Phi) is 6.41. The maximum absolute atomic E-state index is 13.3. The quantitative estimate of drug-likeness (QED) is 0.744. The Morgan fingerprint density at radius 2 is 1.61 bits per heavy atom. The summed E-state index contributed by atoms with van der Waals surface area (Å²) < 4.78 is 18.2. The van der Waals surface area contributed by atoms with Crippen molar-refractivity contribution in [3.63, 3.8) is 0 Å². The van der Waals surface area contributed by atoms with Gasteiger partial charge in [-0.3, -0.25) is 9.69 Å². The predicted molar refractivity (Wildman–Crippen MR) is 104 cm³/mol. The number of hydrogen-bond donors (Lipinski definition) is 0. The second-order valence-electron chi connectivity index (χ2n) is 6.86. The monoisotopic (exact) mass is 384 g/mol. The standard InChI is InChI=1S/C22H25FN2O3/c1-3-16-4-6-18(7-5-16)21(26)25-14-12-24(13-15-25)20(22(27)28-2)17-8-10-19(23)11-9-17/h4-11,20H,3,12-15H2,1-2H3. The Hall–Kier alpha value is -2.73. The molecule has 2 aromatic carbocycles. The average Bonchev–Trinajstić information content (AvgIpc) is 2.75. The summed E-state index contributed by atoms with van der Waals surface area (Å²) in [6, 6.07) is 13.0. The molecule has 1 amide bonds. The van der Waals surface area contributed by atoms with E-state index in [9.17, 15) is 14.0 Å². The van der Waals surface area contributed by atoms with Crippen molar-refractivity contribution >= 4 is 11.9 Å². The Morgan fingerprint density at radius 1 is 1.00 bits per heavy atom. The van der Waals surface area contributed by atoms with Crippen LogP contribution in [0.5, 0.6) is 0 Å².